The summed E-state index contributed by atoms with van der Waals surface area (Å²) < 4.78 is 11.1. The first-order chi connectivity index (χ1) is 25.6. The van der Waals surface area contributed by atoms with Gasteiger partial charge in [0.1, 0.15) is 5.82 Å². The molecule has 0 atom stereocenters. The molecule has 6 nitrogen and oxygen atoms in total. The van der Waals surface area contributed by atoms with Crippen molar-refractivity contribution in [1.82, 2.24) is 23.9 Å². The Balaban J connectivity index is 0.00000349. The summed E-state index contributed by atoms with van der Waals surface area (Å²) in [5.41, 5.74) is 11.0. The van der Waals surface area contributed by atoms with Gasteiger partial charge in [-0.05, 0) is 34.7 Å². The van der Waals surface area contributed by atoms with Crippen LogP contribution in [0.25, 0.3) is 77.6 Å². The number of hydrogen-bond acceptors (Lipinski definition) is 4. The molecule has 5 aromatic heterocycles. The molecule has 0 amide bonds. The predicted octanol–water partition coefficient (Wildman–Crippen LogP) is 10.9. The van der Waals surface area contributed by atoms with E-state index in [0.29, 0.717) is 11.5 Å². The molecule has 0 saturated carbocycles. The zero-order chi connectivity index (χ0) is 34.6. The number of aromatic nitrogens is 5. The Kier molecular flexibility index (Phi) is 6.98. The van der Waals surface area contributed by atoms with Crippen LogP contribution in [0.1, 0.15) is 25.0 Å². The van der Waals surface area contributed by atoms with Crippen LogP contribution in [0.4, 0.5) is 0 Å². The number of hydrogen-bond donors (Lipinski definition) is 0. The maximum absolute atomic E-state index is 6.63. The summed E-state index contributed by atoms with van der Waals surface area (Å²) in [6.45, 7) is 4.55. The van der Waals surface area contributed by atoms with Crippen LogP contribution in [-0.2, 0) is 26.5 Å². The minimum Gasteiger partial charge on any atom is -0.503 e. The van der Waals surface area contributed by atoms with Crippen molar-refractivity contribution in [3.05, 3.63) is 163 Å². The Morgan fingerprint density at radius 1 is 0.623 bits per heavy atom. The molecule has 5 aromatic carbocycles. The van der Waals surface area contributed by atoms with Crippen LogP contribution in [0.15, 0.2) is 140 Å². The van der Waals surface area contributed by atoms with Gasteiger partial charge in [-0.1, -0.05) is 127 Å². The molecule has 0 aliphatic carbocycles. The zero-order valence-electron chi connectivity index (χ0n) is 28.7. The van der Waals surface area contributed by atoms with Gasteiger partial charge in [0.05, 0.1) is 28.1 Å². The SMILES string of the molecule is CC1(C)c2cccnc2-n2c3[c-]c(Oc4[c-]c5c(cc4)c4ncccc4n4c(-c6ccccc6)c(-c6ccccc6)nc54)ccc3c3cccc1c32.[Pt+2]. The number of ether oxygens (including phenoxy) is 1. The number of fused-ring (bicyclic) bond motifs is 11. The quantitative estimate of drug-likeness (QED) is 0.131. The molecule has 1 aliphatic heterocycles. The molecule has 0 spiro atoms. The first kappa shape index (κ1) is 31.6. The van der Waals surface area contributed by atoms with Crippen LogP contribution in [0.5, 0.6) is 11.5 Å². The minimum absolute atomic E-state index is 0. The molecule has 1 aliphatic rings. The molecule has 0 N–H and O–H groups in total. The van der Waals surface area contributed by atoms with Crippen molar-refractivity contribution in [2.45, 2.75) is 19.3 Å². The number of benzene rings is 5. The summed E-state index contributed by atoms with van der Waals surface area (Å²) in [5.74, 6) is 2.10. The van der Waals surface area contributed by atoms with E-state index in [9.17, 15) is 0 Å². The van der Waals surface area contributed by atoms with Gasteiger partial charge < -0.3 is 13.7 Å². The van der Waals surface area contributed by atoms with Gasteiger partial charge in [-0.25, -0.2) is 4.98 Å². The fourth-order valence-electron chi connectivity index (χ4n) is 8.25. The van der Waals surface area contributed by atoms with Crippen molar-refractivity contribution in [1.29, 1.82) is 0 Å². The van der Waals surface area contributed by atoms with Crippen molar-refractivity contribution in [2.24, 2.45) is 0 Å². The number of nitrogens with zero attached hydrogens (tertiary/aromatic N) is 5. The van der Waals surface area contributed by atoms with E-state index in [-0.39, 0.29) is 26.5 Å². The Morgan fingerprint density at radius 2 is 1.32 bits per heavy atom. The third-order valence-electron chi connectivity index (χ3n) is 10.6. The number of imidazole rings is 1. The minimum atomic E-state index is -0.190. The fraction of sp³-hybridized carbons (Fsp3) is 0.0652. The molecule has 7 heteroatoms. The van der Waals surface area contributed by atoms with E-state index in [1.165, 1.54) is 22.0 Å². The van der Waals surface area contributed by atoms with E-state index in [0.717, 1.165) is 66.7 Å². The van der Waals surface area contributed by atoms with Gasteiger partial charge in [-0.3, -0.25) is 9.97 Å². The average Bonchev–Trinajstić information content (AvgIpc) is 3.75. The molecule has 0 saturated heterocycles. The van der Waals surface area contributed by atoms with E-state index in [4.69, 9.17) is 19.7 Å². The third-order valence-corrected chi connectivity index (χ3v) is 10.6. The summed E-state index contributed by atoms with van der Waals surface area (Å²) in [6, 6.07) is 51.1. The van der Waals surface area contributed by atoms with Crippen molar-refractivity contribution in [2.75, 3.05) is 0 Å². The number of rotatable bonds is 4. The molecule has 0 unspecified atom stereocenters. The summed E-state index contributed by atoms with van der Waals surface area (Å²) in [6.07, 6.45) is 3.71. The molecule has 10 aromatic rings. The molecule has 254 valence electrons. The van der Waals surface area contributed by atoms with E-state index in [2.05, 4.69) is 126 Å². The van der Waals surface area contributed by atoms with Crippen molar-refractivity contribution < 1.29 is 25.8 Å². The second kappa shape index (κ2) is 11.7. The number of pyridine rings is 3. The summed E-state index contributed by atoms with van der Waals surface area (Å²) in [7, 11) is 0. The molecule has 11 rings (SSSR count). The maximum Gasteiger partial charge on any atom is 2.00 e. The largest absolute Gasteiger partial charge is 2.00 e. The van der Waals surface area contributed by atoms with Gasteiger partial charge >= 0.3 is 21.1 Å². The fourth-order valence-corrected chi connectivity index (χ4v) is 8.25. The Hall–Kier alpha value is -6.10. The van der Waals surface area contributed by atoms with Crippen molar-refractivity contribution >= 4 is 49.3 Å². The Labute approximate surface area is 319 Å². The van der Waals surface area contributed by atoms with Gasteiger partial charge in [0.2, 0.25) is 0 Å². The van der Waals surface area contributed by atoms with E-state index in [1.807, 2.05) is 48.8 Å². The van der Waals surface area contributed by atoms with Gasteiger partial charge in [-0.15, -0.1) is 23.6 Å². The van der Waals surface area contributed by atoms with Gasteiger partial charge in [-0.2, -0.15) is 6.07 Å². The molecule has 0 fully saturated rings. The van der Waals surface area contributed by atoms with E-state index in [1.54, 1.807) is 0 Å². The second-order valence-corrected chi connectivity index (χ2v) is 13.9. The molecule has 53 heavy (non-hydrogen) atoms. The van der Waals surface area contributed by atoms with E-state index < -0.39 is 0 Å². The average molecular weight is 863 g/mol. The normalized spacial score (nSPS) is 13.1. The summed E-state index contributed by atoms with van der Waals surface area (Å²) in [5, 5.41) is 4.08. The zero-order valence-corrected chi connectivity index (χ0v) is 31.0. The first-order valence-corrected chi connectivity index (χ1v) is 17.5. The van der Waals surface area contributed by atoms with Crippen LogP contribution in [0, 0.1) is 12.1 Å². The van der Waals surface area contributed by atoms with Gasteiger partial charge in [0, 0.05) is 46.0 Å². The van der Waals surface area contributed by atoms with E-state index >= 15 is 0 Å². The summed E-state index contributed by atoms with van der Waals surface area (Å²) >= 11 is 0. The molecular formula is C46H29N5OPt. The van der Waals surface area contributed by atoms with Gasteiger partial charge in [0.25, 0.3) is 0 Å². The van der Waals surface area contributed by atoms with Crippen LogP contribution < -0.4 is 4.74 Å². The van der Waals surface area contributed by atoms with Crippen molar-refractivity contribution in [3.8, 4) is 39.8 Å². The van der Waals surface area contributed by atoms with Crippen LogP contribution in [-0.4, -0.2) is 23.9 Å². The van der Waals surface area contributed by atoms with Crippen LogP contribution in [0.3, 0.4) is 0 Å². The van der Waals surface area contributed by atoms with Crippen LogP contribution in [0.2, 0.25) is 0 Å². The summed E-state index contributed by atoms with van der Waals surface area (Å²) in [4.78, 5) is 15.1. The predicted molar refractivity (Wildman–Crippen MR) is 207 cm³/mol. The molecule has 0 radical (unpaired) electrons. The Bertz CT molecular complexity index is 3070. The second-order valence-electron chi connectivity index (χ2n) is 13.9. The smallest absolute Gasteiger partial charge is 0.503 e. The van der Waals surface area contributed by atoms with Crippen molar-refractivity contribution in [3.63, 3.8) is 0 Å². The van der Waals surface area contributed by atoms with Crippen LogP contribution >= 0.6 is 0 Å². The topological polar surface area (TPSA) is 57.2 Å². The molecule has 6 heterocycles. The monoisotopic (exact) mass is 862 g/mol. The first-order valence-electron chi connectivity index (χ1n) is 17.5. The molecular weight excluding hydrogens is 834 g/mol. The third kappa shape index (κ3) is 4.52. The Morgan fingerprint density at radius 3 is 2.13 bits per heavy atom. The maximum atomic E-state index is 6.63. The van der Waals surface area contributed by atoms with Gasteiger partial charge in [0.15, 0.2) is 0 Å². The molecule has 0 bridgehead atoms. The number of para-hydroxylation sites is 1. The standard InChI is InChI=1S/C46H29N5O.Pt/c1-46(2)36-17-9-16-34-32-22-20-31(27-39(32)51(43(34)36)45-37(46)18-10-25-48-45)52-30-21-23-33-35(26-30)44-49-40(28-12-5-3-6-13-28)42(29-14-7-4-8-15-29)50(44)38-19-11-24-47-41(33)38;/h3-25H,1-2H3;/q-2;+2.